The van der Waals surface area contributed by atoms with Crippen LogP contribution in [0.15, 0.2) is 17.0 Å². The standard InChI is InChI=1S/C9H15N3O/c10-9-2-1-3-12(6-9)5-8-4-11-13-7-8/h4,7,9H,1-3,5-6,10H2. The minimum Gasteiger partial charge on any atom is -0.364 e. The third-order valence-electron chi connectivity index (χ3n) is 2.43. The molecule has 1 aliphatic heterocycles. The summed E-state index contributed by atoms with van der Waals surface area (Å²) in [5.74, 6) is 0. The number of likely N-dealkylation sites (tertiary alicyclic amines) is 1. The van der Waals surface area contributed by atoms with Gasteiger partial charge in [-0.1, -0.05) is 5.16 Å². The van der Waals surface area contributed by atoms with Crippen molar-refractivity contribution in [2.24, 2.45) is 5.73 Å². The summed E-state index contributed by atoms with van der Waals surface area (Å²) >= 11 is 0. The fourth-order valence-electron chi connectivity index (χ4n) is 1.80. The Morgan fingerprint density at radius 2 is 2.62 bits per heavy atom. The van der Waals surface area contributed by atoms with E-state index in [2.05, 4.69) is 10.1 Å². The Labute approximate surface area is 77.7 Å². The number of aromatic nitrogens is 1. The molecule has 72 valence electrons. The maximum absolute atomic E-state index is 5.87. The first-order valence-corrected chi connectivity index (χ1v) is 4.71. The van der Waals surface area contributed by atoms with E-state index >= 15 is 0 Å². The van der Waals surface area contributed by atoms with Crippen molar-refractivity contribution in [1.29, 1.82) is 0 Å². The van der Waals surface area contributed by atoms with Gasteiger partial charge >= 0.3 is 0 Å². The van der Waals surface area contributed by atoms with Crippen LogP contribution in [0.5, 0.6) is 0 Å². The Morgan fingerprint density at radius 1 is 1.69 bits per heavy atom. The first-order valence-electron chi connectivity index (χ1n) is 4.71. The SMILES string of the molecule is NC1CCCN(Cc2cnoc2)C1. The normalized spacial score (nSPS) is 24.8. The van der Waals surface area contributed by atoms with Gasteiger partial charge in [0.1, 0.15) is 6.26 Å². The van der Waals surface area contributed by atoms with Crippen LogP contribution in [0.3, 0.4) is 0 Å². The molecule has 1 fully saturated rings. The summed E-state index contributed by atoms with van der Waals surface area (Å²) in [6.07, 6.45) is 5.81. The van der Waals surface area contributed by atoms with Crippen LogP contribution < -0.4 is 5.73 Å². The number of piperidine rings is 1. The second kappa shape index (κ2) is 3.89. The molecule has 1 unspecified atom stereocenters. The van der Waals surface area contributed by atoms with Gasteiger partial charge in [0.15, 0.2) is 0 Å². The van der Waals surface area contributed by atoms with Crippen molar-refractivity contribution in [2.45, 2.75) is 25.4 Å². The molecule has 0 aromatic carbocycles. The molecule has 0 spiro atoms. The van der Waals surface area contributed by atoms with E-state index in [0.29, 0.717) is 6.04 Å². The number of nitrogens with two attached hydrogens (primary N) is 1. The maximum atomic E-state index is 5.87. The molecule has 0 bridgehead atoms. The van der Waals surface area contributed by atoms with Crippen LogP contribution in [0.25, 0.3) is 0 Å². The zero-order valence-corrected chi connectivity index (χ0v) is 7.65. The lowest BCUT2D eigenvalue weighted by atomic mass is 10.1. The van der Waals surface area contributed by atoms with Gasteiger partial charge < -0.3 is 10.3 Å². The van der Waals surface area contributed by atoms with E-state index in [-0.39, 0.29) is 0 Å². The molecule has 1 saturated heterocycles. The molecule has 2 heterocycles. The molecule has 2 N–H and O–H groups in total. The number of nitrogens with zero attached hydrogens (tertiary/aromatic N) is 2. The fourth-order valence-corrected chi connectivity index (χ4v) is 1.80. The van der Waals surface area contributed by atoms with Gasteiger partial charge in [0.05, 0.1) is 6.20 Å². The Kier molecular flexibility index (Phi) is 2.61. The van der Waals surface area contributed by atoms with Crippen LogP contribution in [0.2, 0.25) is 0 Å². The number of rotatable bonds is 2. The second-order valence-electron chi connectivity index (χ2n) is 3.67. The number of hydrogen-bond acceptors (Lipinski definition) is 4. The first-order chi connectivity index (χ1) is 6.34. The largest absolute Gasteiger partial charge is 0.364 e. The summed E-state index contributed by atoms with van der Waals surface area (Å²) in [5.41, 5.74) is 7.01. The van der Waals surface area contributed by atoms with Gasteiger partial charge in [-0.15, -0.1) is 0 Å². The van der Waals surface area contributed by atoms with Gasteiger partial charge in [0.2, 0.25) is 0 Å². The molecule has 13 heavy (non-hydrogen) atoms. The van der Waals surface area contributed by atoms with Crippen molar-refractivity contribution in [3.05, 3.63) is 18.0 Å². The third kappa shape index (κ3) is 2.29. The van der Waals surface area contributed by atoms with E-state index < -0.39 is 0 Å². The highest BCUT2D eigenvalue weighted by molar-refractivity contribution is 5.00. The average Bonchev–Trinajstić information content (AvgIpc) is 2.57. The van der Waals surface area contributed by atoms with Gasteiger partial charge in [-0.05, 0) is 19.4 Å². The van der Waals surface area contributed by atoms with Crippen molar-refractivity contribution < 1.29 is 4.52 Å². The van der Waals surface area contributed by atoms with Crippen molar-refractivity contribution in [1.82, 2.24) is 10.1 Å². The van der Waals surface area contributed by atoms with Crippen molar-refractivity contribution in [3.8, 4) is 0 Å². The van der Waals surface area contributed by atoms with Crippen LogP contribution in [-0.4, -0.2) is 29.2 Å². The Bertz CT molecular complexity index is 247. The van der Waals surface area contributed by atoms with Crippen molar-refractivity contribution >= 4 is 0 Å². The minimum atomic E-state index is 0.341. The van der Waals surface area contributed by atoms with E-state index in [1.807, 2.05) is 0 Å². The maximum Gasteiger partial charge on any atom is 0.128 e. The predicted octanol–water partition coefficient (Wildman–Crippen LogP) is 0.598. The summed E-state index contributed by atoms with van der Waals surface area (Å²) in [6, 6.07) is 0.341. The Balaban J connectivity index is 1.87. The van der Waals surface area contributed by atoms with Crippen molar-refractivity contribution in [2.75, 3.05) is 13.1 Å². The van der Waals surface area contributed by atoms with Crippen LogP contribution >= 0.6 is 0 Å². The van der Waals surface area contributed by atoms with E-state index in [9.17, 15) is 0 Å². The summed E-state index contributed by atoms with van der Waals surface area (Å²) < 4.78 is 4.77. The van der Waals surface area contributed by atoms with Crippen LogP contribution in [0.1, 0.15) is 18.4 Å². The molecule has 0 saturated carbocycles. The molecule has 0 amide bonds. The van der Waals surface area contributed by atoms with Gasteiger partial charge in [0.25, 0.3) is 0 Å². The third-order valence-corrected chi connectivity index (χ3v) is 2.43. The minimum absolute atomic E-state index is 0.341. The van der Waals surface area contributed by atoms with E-state index in [4.69, 9.17) is 10.3 Å². The lowest BCUT2D eigenvalue weighted by Crippen LogP contribution is -2.42. The lowest BCUT2D eigenvalue weighted by Gasteiger charge is -2.29. The molecule has 4 heteroatoms. The molecule has 1 aromatic rings. The molecule has 0 aliphatic carbocycles. The summed E-state index contributed by atoms with van der Waals surface area (Å²) in [6.45, 7) is 3.04. The topological polar surface area (TPSA) is 55.3 Å². The predicted molar refractivity (Wildman–Crippen MR) is 49.0 cm³/mol. The highest BCUT2D eigenvalue weighted by Gasteiger charge is 2.16. The van der Waals surface area contributed by atoms with E-state index in [1.165, 1.54) is 6.42 Å². The van der Waals surface area contributed by atoms with Crippen LogP contribution in [-0.2, 0) is 6.54 Å². The Hall–Kier alpha value is -0.870. The van der Waals surface area contributed by atoms with Gasteiger partial charge in [-0.3, -0.25) is 4.90 Å². The van der Waals surface area contributed by atoms with Gasteiger partial charge in [-0.2, -0.15) is 0 Å². The average molecular weight is 181 g/mol. The van der Waals surface area contributed by atoms with Gasteiger partial charge in [0, 0.05) is 24.7 Å². The molecular weight excluding hydrogens is 166 g/mol. The summed E-state index contributed by atoms with van der Waals surface area (Å²) in [7, 11) is 0. The summed E-state index contributed by atoms with van der Waals surface area (Å²) in [5, 5.41) is 3.67. The second-order valence-corrected chi connectivity index (χ2v) is 3.67. The monoisotopic (exact) mass is 181 g/mol. The van der Waals surface area contributed by atoms with E-state index in [0.717, 1.165) is 31.6 Å². The zero-order chi connectivity index (χ0) is 9.10. The highest BCUT2D eigenvalue weighted by atomic mass is 16.5. The Morgan fingerprint density at radius 3 is 3.31 bits per heavy atom. The molecule has 0 radical (unpaired) electrons. The van der Waals surface area contributed by atoms with E-state index in [1.54, 1.807) is 12.5 Å². The quantitative estimate of drug-likeness (QED) is 0.725. The molecule has 1 aromatic heterocycles. The molecule has 1 aliphatic rings. The highest BCUT2D eigenvalue weighted by Crippen LogP contribution is 2.11. The number of hydrogen-bond donors (Lipinski definition) is 1. The molecule has 1 atom stereocenters. The lowest BCUT2D eigenvalue weighted by molar-refractivity contribution is 0.201. The van der Waals surface area contributed by atoms with Gasteiger partial charge in [-0.25, -0.2) is 0 Å². The van der Waals surface area contributed by atoms with Crippen LogP contribution in [0.4, 0.5) is 0 Å². The summed E-state index contributed by atoms with van der Waals surface area (Å²) in [4.78, 5) is 2.35. The smallest absolute Gasteiger partial charge is 0.128 e. The van der Waals surface area contributed by atoms with Crippen LogP contribution in [0, 0.1) is 0 Å². The molecule has 4 nitrogen and oxygen atoms in total. The molecule has 2 rings (SSSR count). The van der Waals surface area contributed by atoms with Crippen molar-refractivity contribution in [3.63, 3.8) is 0 Å². The zero-order valence-electron chi connectivity index (χ0n) is 7.65. The first kappa shape index (κ1) is 8.72. The fraction of sp³-hybridized carbons (Fsp3) is 0.667. The molecular formula is C9H15N3O.